The summed E-state index contributed by atoms with van der Waals surface area (Å²) in [6, 6.07) is 13.9. The summed E-state index contributed by atoms with van der Waals surface area (Å²) in [4.78, 5) is 4.44. The zero-order chi connectivity index (χ0) is 14.5. The summed E-state index contributed by atoms with van der Waals surface area (Å²) in [5.41, 5.74) is 10.3. The van der Waals surface area contributed by atoms with Crippen LogP contribution in [0.25, 0.3) is 0 Å². The maximum Gasteiger partial charge on any atom is 0.159 e. The fourth-order valence-electron chi connectivity index (χ4n) is 1.94. The van der Waals surface area contributed by atoms with E-state index in [1.807, 2.05) is 36.4 Å². The van der Waals surface area contributed by atoms with Crippen LogP contribution in [-0.4, -0.2) is 5.17 Å². The van der Waals surface area contributed by atoms with E-state index in [2.05, 4.69) is 24.9 Å². The average molecular weight is 305 g/mol. The van der Waals surface area contributed by atoms with E-state index in [4.69, 9.17) is 17.3 Å². The number of benzene rings is 2. The van der Waals surface area contributed by atoms with Crippen LogP contribution in [0.3, 0.4) is 0 Å². The molecule has 0 atom stereocenters. The van der Waals surface area contributed by atoms with E-state index in [1.165, 1.54) is 22.9 Å². The molecule has 0 amide bonds. The SMILES string of the molecule is Cc1cc(C)cc(N=C(N)SCc2ccccc2Cl)c1. The van der Waals surface area contributed by atoms with E-state index in [0.29, 0.717) is 5.17 Å². The predicted molar refractivity (Wildman–Crippen MR) is 89.9 cm³/mol. The normalized spacial score (nSPS) is 11.7. The van der Waals surface area contributed by atoms with Gasteiger partial charge in [0, 0.05) is 10.8 Å². The molecular weight excluding hydrogens is 288 g/mol. The third-order valence-corrected chi connectivity index (χ3v) is 3.99. The minimum atomic E-state index is 0.551. The van der Waals surface area contributed by atoms with Gasteiger partial charge in [-0.25, -0.2) is 4.99 Å². The fraction of sp³-hybridized carbons (Fsp3) is 0.188. The van der Waals surface area contributed by atoms with Crippen molar-refractivity contribution in [3.8, 4) is 0 Å². The first-order chi connectivity index (χ1) is 9.54. The smallest absolute Gasteiger partial charge is 0.159 e. The van der Waals surface area contributed by atoms with Crippen molar-refractivity contribution in [3.05, 3.63) is 64.2 Å². The Bertz CT molecular complexity index is 618. The average Bonchev–Trinajstić information content (AvgIpc) is 2.36. The Labute approximate surface area is 129 Å². The molecule has 2 N–H and O–H groups in total. The van der Waals surface area contributed by atoms with Crippen molar-refractivity contribution in [2.45, 2.75) is 19.6 Å². The summed E-state index contributed by atoms with van der Waals surface area (Å²) >= 11 is 7.61. The van der Waals surface area contributed by atoms with E-state index >= 15 is 0 Å². The molecular formula is C16H17ClN2S. The monoisotopic (exact) mass is 304 g/mol. The summed E-state index contributed by atoms with van der Waals surface area (Å²) in [7, 11) is 0. The Kier molecular flexibility index (Phi) is 5.10. The summed E-state index contributed by atoms with van der Waals surface area (Å²) in [6.45, 7) is 4.11. The third kappa shape index (κ3) is 4.29. The molecule has 20 heavy (non-hydrogen) atoms. The highest BCUT2D eigenvalue weighted by Gasteiger charge is 2.02. The van der Waals surface area contributed by atoms with Gasteiger partial charge in [-0.3, -0.25) is 0 Å². The van der Waals surface area contributed by atoms with Gasteiger partial charge in [0.2, 0.25) is 0 Å². The molecule has 0 bridgehead atoms. The first-order valence-corrected chi connectivity index (χ1v) is 7.69. The van der Waals surface area contributed by atoms with Crippen LogP contribution in [0.5, 0.6) is 0 Å². The van der Waals surface area contributed by atoms with E-state index < -0.39 is 0 Å². The van der Waals surface area contributed by atoms with Crippen molar-refractivity contribution in [2.24, 2.45) is 10.7 Å². The number of hydrogen-bond acceptors (Lipinski definition) is 2. The Morgan fingerprint density at radius 2 is 1.80 bits per heavy atom. The Morgan fingerprint density at radius 1 is 1.15 bits per heavy atom. The molecule has 0 aliphatic carbocycles. The first-order valence-electron chi connectivity index (χ1n) is 6.33. The van der Waals surface area contributed by atoms with Crippen molar-refractivity contribution in [1.82, 2.24) is 0 Å². The highest BCUT2D eigenvalue weighted by molar-refractivity contribution is 8.13. The maximum absolute atomic E-state index is 6.12. The lowest BCUT2D eigenvalue weighted by Gasteiger charge is -2.04. The summed E-state index contributed by atoms with van der Waals surface area (Å²) < 4.78 is 0. The van der Waals surface area contributed by atoms with Gasteiger partial charge >= 0.3 is 0 Å². The molecule has 0 aliphatic rings. The standard InChI is InChI=1S/C16H17ClN2S/c1-11-7-12(2)9-14(8-11)19-16(18)20-10-13-5-3-4-6-15(13)17/h3-9H,10H2,1-2H3,(H2,18,19). The summed E-state index contributed by atoms with van der Waals surface area (Å²) in [6.07, 6.45) is 0. The molecule has 2 aromatic rings. The lowest BCUT2D eigenvalue weighted by Crippen LogP contribution is -2.06. The van der Waals surface area contributed by atoms with E-state index in [0.717, 1.165) is 22.0 Å². The second-order valence-corrected chi connectivity index (χ2v) is 6.08. The lowest BCUT2D eigenvalue weighted by molar-refractivity contribution is 1.35. The van der Waals surface area contributed by atoms with Gasteiger partial charge in [0.25, 0.3) is 0 Å². The molecule has 0 radical (unpaired) electrons. The highest BCUT2D eigenvalue weighted by Crippen LogP contribution is 2.23. The fourth-order valence-corrected chi connectivity index (χ4v) is 2.95. The number of nitrogens with zero attached hydrogens (tertiary/aromatic N) is 1. The minimum absolute atomic E-state index is 0.551. The molecule has 0 aliphatic heterocycles. The molecule has 0 saturated carbocycles. The maximum atomic E-state index is 6.12. The number of rotatable bonds is 3. The van der Waals surface area contributed by atoms with Gasteiger partial charge in [-0.15, -0.1) is 0 Å². The van der Waals surface area contributed by atoms with Gasteiger partial charge < -0.3 is 5.73 Å². The van der Waals surface area contributed by atoms with Gasteiger partial charge in [-0.1, -0.05) is 47.6 Å². The zero-order valence-corrected chi connectivity index (χ0v) is 13.1. The van der Waals surface area contributed by atoms with Crippen LogP contribution in [0, 0.1) is 13.8 Å². The molecule has 0 saturated heterocycles. The molecule has 104 valence electrons. The van der Waals surface area contributed by atoms with Crippen molar-refractivity contribution in [1.29, 1.82) is 0 Å². The molecule has 4 heteroatoms. The number of amidine groups is 1. The summed E-state index contributed by atoms with van der Waals surface area (Å²) in [5.74, 6) is 0.722. The van der Waals surface area contributed by atoms with Crippen molar-refractivity contribution in [2.75, 3.05) is 0 Å². The summed E-state index contributed by atoms with van der Waals surface area (Å²) in [5, 5.41) is 1.31. The second-order valence-electron chi connectivity index (χ2n) is 4.68. The van der Waals surface area contributed by atoms with Crippen LogP contribution < -0.4 is 5.73 Å². The Balaban J connectivity index is 2.06. The first kappa shape index (κ1) is 14.9. The van der Waals surface area contributed by atoms with Gasteiger partial charge in [0.15, 0.2) is 5.17 Å². The van der Waals surface area contributed by atoms with Gasteiger partial charge in [0.05, 0.1) is 5.69 Å². The molecule has 0 fully saturated rings. The van der Waals surface area contributed by atoms with Crippen LogP contribution in [0.15, 0.2) is 47.5 Å². The Hall–Kier alpha value is -1.45. The number of hydrogen-bond donors (Lipinski definition) is 1. The molecule has 0 heterocycles. The van der Waals surface area contributed by atoms with Crippen molar-refractivity contribution >= 4 is 34.2 Å². The number of halogens is 1. The predicted octanol–water partition coefficient (Wildman–Crippen LogP) is 4.84. The number of aliphatic imine (C=N–C) groups is 1. The molecule has 0 spiro atoms. The third-order valence-electron chi connectivity index (χ3n) is 2.78. The van der Waals surface area contributed by atoms with E-state index in [-0.39, 0.29) is 0 Å². The van der Waals surface area contributed by atoms with E-state index in [1.54, 1.807) is 0 Å². The number of nitrogens with two attached hydrogens (primary N) is 1. The number of thioether (sulfide) groups is 1. The molecule has 2 aromatic carbocycles. The Morgan fingerprint density at radius 3 is 2.45 bits per heavy atom. The zero-order valence-electron chi connectivity index (χ0n) is 11.6. The minimum Gasteiger partial charge on any atom is -0.378 e. The molecule has 2 nitrogen and oxygen atoms in total. The molecule has 0 aromatic heterocycles. The van der Waals surface area contributed by atoms with Crippen LogP contribution in [0.1, 0.15) is 16.7 Å². The molecule has 0 unspecified atom stereocenters. The van der Waals surface area contributed by atoms with Gasteiger partial charge in [-0.05, 0) is 48.7 Å². The lowest BCUT2D eigenvalue weighted by atomic mass is 10.1. The number of aryl methyl sites for hydroxylation is 2. The van der Waals surface area contributed by atoms with E-state index in [9.17, 15) is 0 Å². The highest BCUT2D eigenvalue weighted by atomic mass is 35.5. The van der Waals surface area contributed by atoms with Gasteiger partial charge in [-0.2, -0.15) is 0 Å². The molecule has 2 rings (SSSR count). The van der Waals surface area contributed by atoms with Crippen LogP contribution in [0.2, 0.25) is 5.02 Å². The topological polar surface area (TPSA) is 38.4 Å². The van der Waals surface area contributed by atoms with Crippen molar-refractivity contribution < 1.29 is 0 Å². The van der Waals surface area contributed by atoms with Gasteiger partial charge in [0.1, 0.15) is 0 Å². The van der Waals surface area contributed by atoms with Crippen LogP contribution in [0.4, 0.5) is 5.69 Å². The largest absolute Gasteiger partial charge is 0.378 e. The van der Waals surface area contributed by atoms with Crippen LogP contribution in [-0.2, 0) is 5.75 Å². The van der Waals surface area contributed by atoms with Crippen LogP contribution >= 0.6 is 23.4 Å². The van der Waals surface area contributed by atoms with Crippen molar-refractivity contribution in [3.63, 3.8) is 0 Å². The second kappa shape index (κ2) is 6.82. The quantitative estimate of drug-likeness (QED) is 0.651.